The van der Waals surface area contributed by atoms with Crippen molar-refractivity contribution in [1.82, 2.24) is 15.6 Å². The van der Waals surface area contributed by atoms with Gasteiger partial charge in [0, 0.05) is 6.54 Å². The van der Waals surface area contributed by atoms with Crippen LogP contribution >= 0.6 is 0 Å². The third-order valence-electron chi connectivity index (χ3n) is 3.38. The SMILES string of the molecule is CCCNCc1cc(C)c(OCc2nonc2C)c(C)c1. The van der Waals surface area contributed by atoms with Crippen LogP contribution in [0.2, 0.25) is 0 Å². The van der Waals surface area contributed by atoms with Gasteiger partial charge in [0.25, 0.3) is 0 Å². The Morgan fingerprint density at radius 3 is 2.43 bits per heavy atom. The zero-order chi connectivity index (χ0) is 15.2. The predicted octanol–water partition coefficient (Wildman–Crippen LogP) is 3.07. The summed E-state index contributed by atoms with van der Waals surface area (Å²) >= 11 is 0. The first-order valence-electron chi connectivity index (χ1n) is 7.33. The van der Waals surface area contributed by atoms with Gasteiger partial charge in [-0.25, -0.2) is 4.63 Å². The number of aryl methyl sites for hydroxylation is 3. The van der Waals surface area contributed by atoms with Gasteiger partial charge >= 0.3 is 0 Å². The quantitative estimate of drug-likeness (QED) is 0.794. The number of benzene rings is 1. The summed E-state index contributed by atoms with van der Waals surface area (Å²) in [7, 11) is 0. The molecule has 1 N–H and O–H groups in total. The topological polar surface area (TPSA) is 60.2 Å². The smallest absolute Gasteiger partial charge is 0.145 e. The first-order chi connectivity index (χ1) is 10.1. The fraction of sp³-hybridized carbons (Fsp3) is 0.500. The molecule has 0 aliphatic heterocycles. The van der Waals surface area contributed by atoms with Gasteiger partial charge in [0.1, 0.15) is 23.7 Å². The van der Waals surface area contributed by atoms with Gasteiger partial charge in [-0.2, -0.15) is 0 Å². The van der Waals surface area contributed by atoms with Gasteiger partial charge in [0.05, 0.1) is 0 Å². The molecule has 1 aromatic carbocycles. The summed E-state index contributed by atoms with van der Waals surface area (Å²) in [6.07, 6.45) is 1.14. The highest BCUT2D eigenvalue weighted by molar-refractivity contribution is 5.43. The summed E-state index contributed by atoms with van der Waals surface area (Å²) in [4.78, 5) is 0. The van der Waals surface area contributed by atoms with Crippen molar-refractivity contribution in [2.24, 2.45) is 0 Å². The van der Waals surface area contributed by atoms with Crippen LogP contribution in [-0.2, 0) is 13.2 Å². The molecule has 0 spiro atoms. The number of ether oxygens (including phenoxy) is 1. The van der Waals surface area contributed by atoms with Crippen molar-refractivity contribution >= 4 is 0 Å². The normalized spacial score (nSPS) is 10.9. The molecule has 0 bridgehead atoms. The van der Waals surface area contributed by atoms with E-state index in [2.05, 4.69) is 53.2 Å². The minimum absolute atomic E-state index is 0.379. The highest BCUT2D eigenvalue weighted by Gasteiger charge is 2.10. The van der Waals surface area contributed by atoms with E-state index in [1.54, 1.807) is 0 Å². The minimum Gasteiger partial charge on any atom is -0.487 e. The molecule has 2 rings (SSSR count). The fourth-order valence-electron chi connectivity index (χ4n) is 2.30. The molecule has 0 saturated heterocycles. The van der Waals surface area contributed by atoms with Crippen LogP contribution in [0.25, 0.3) is 0 Å². The number of nitrogens with zero attached hydrogens (tertiary/aromatic N) is 2. The molecule has 5 nitrogen and oxygen atoms in total. The Bertz CT molecular complexity index is 570. The van der Waals surface area contributed by atoms with Gasteiger partial charge in [0.2, 0.25) is 0 Å². The molecule has 21 heavy (non-hydrogen) atoms. The monoisotopic (exact) mass is 289 g/mol. The molecule has 0 saturated carbocycles. The Morgan fingerprint density at radius 2 is 1.86 bits per heavy atom. The Balaban J connectivity index is 2.04. The van der Waals surface area contributed by atoms with Crippen molar-refractivity contribution in [1.29, 1.82) is 0 Å². The summed E-state index contributed by atoms with van der Waals surface area (Å²) in [6, 6.07) is 4.33. The van der Waals surface area contributed by atoms with Gasteiger partial charge in [0.15, 0.2) is 0 Å². The third-order valence-corrected chi connectivity index (χ3v) is 3.38. The number of aromatic nitrogens is 2. The molecule has 0 unspecified atom stereocenters. The second-order valence-corrected chi connectivity index (χ2v) is 5.32. The van der Waals surface area contributed by atoms with Crippen LogP contribution in [0, 0.1) is 20.8 Å². The zero-order valence-electron chi connectivity index (χ0n) is 13.2. The van der Waals surface area contributed by atoms with E-state index in [4.69, 9.17) is 4.74 Å². The molecular formula is C16H23N3O2. The maximum atomic E-state index is 5.89. The first kappa shape index (κ1) is 15.5. The van der Waals surface area contributed by atoms with Gasteiger partial charge in [-0.15, -0.1) is 0 Å². The van der Waals surface area contributed by atoms with E-state index in [0.29, 0.717) is 6.61 Å². The Morgan fingerprint density at radius 1 is 1.14 bits per heavy atom. The van der Waals surface area contributed by atoms with Crippen LogP contribution in [-0.4, -0.2) is 16.9 Å². The summed E-state index contributed by atoms with van der Waals surface area (Å²) in [5.74, 6) is 0.914. The summed E-state index contributed by atoms with van der Waals surface area (Å²) < 4.78 is 10.6. The zero-order valence-corrected chi connectivity index (χ0v) is 13.2. The maximum Gasteiger partial charge on any atom is 0.145 e. The summed E-state index contributed by atoms with van der Waals surface area (Å²) in [5.41, 5.74) is 5.06. The summed E-state index contributed by atoms with van der Waals surface area (Å²) in [6.45, 7) is 10.5. The highest BCUT2D eigenvalue weighted by Crippen LogP contribution is 2.25. The summed E-state index contributed by atoms with van der Waals surface area (Å²) in [5, 5.41) is 11.0. The van der Waals surface area contributed by atoms with Crippen LogP contribution in [0.15, 0.2) is 16.8 Å². The second kappa shape index (κ2) is 7.22. The van der Waals surface area contributed by atoms with Gasteiger partial charge < -0.3 is 10.1 Å². The van der Waals surface area contributed by atoms with Crippen molar-refractivity contribution in [2.75, 3.05) is 6.54 Å². The molecular weight excluding hydrogens is 266 g/mol. The number of nitrogens with one attached hydrogen (secondary N) is 1. The van der Waals surface area contributed by atoms with E-state index in [9.17, 15) is 0 Å². The molecule has 0 fully saturated rings. The lowest BCUT2D eigenvalue weighted by Crippen LogP contribution is -2.14. The number of rotatable bonds is 7. The maximum absolute atomic E-state index is 5.89. The highest BCUT2D eigenvalue weighted by atomic mass is 16.6. The molecule has 114 valence electrons. The fourth-order valence-corrected chi connectivity index (χ4v) is 2.30. The lowest BCUT2D eigenvalue weighted by atomic mass is 10.1. The van der Waals surface area contributed by atoms with Crippen molar-refractivity contribution < 1.29 is 9.37 Å². The Hall–Kier alpha value is -1.88. The van der Waals surface area contributed by atoms with E-state index >= 15 is 0 Å². The van der Waals surface area contributed by atoms with Crippen LogP contribution in [0.5, 0.6) is 5.75 Å². The van der Waals surface area contributed by atoms with Crippen LogP contribution in [0.4, 0.5) is 0 Å². The van der Waals surface area contributed by atoms with E-state index in [0.717, 1.165) is 47.8 Å². The Labute approximate surface area is 125 Å². The third kappa shape index (κ3) is 4.04. The van der Waals surface area contributed by atoms with Gasteiger partial charge in [-0.05, 0) is 50.4 Å². The number of hydrogen-bond acceptors (Lipinski definition) is 5. The molecule has 0 aliphatic rings. The van der Waals surface area contributed by atoms with E-state index in [-0.39, 0.29) is 0 Å². The largest absolute Gasteiger partial charge is 0.487 e. The first-order valence-corrected chi connectivity index (χ1v) is 7.33. The number of hydrogen-bond donors (Lipinski definition) is 1. The molecule has 0 amide bonds. The van der Waals surface area contributed by atoms with Crippen molar-refractivity contribution in [3.8, 4) is 5.75 Å². The molecule has 2 aromatic rings. The average molecular weight is 289 g/mol. The van der Waals surface area contributed by atoms with Crippen LogP contribution in [0.1, 0.15) is 41.4 Å². The van der Waals surface area contributed by atoms with E-state index in [1.165, 1.54) is 5.56 Å². The second-order valence-electron chi connectivity index (χ2n) is 5.32. The predicted molar refractivity (Wildman–Crippen MR) is 81.3 cm³/mol. The van der Waals surface area contributed by atoms with Crippen molar-refractivity contribution in [3.63, 3.8) is 0 Å². The molecule has 0 atom stereocenters. The average Bonchev–Trinajstić information content (AvgIpc) is 2.84. The van der Waals surface area contributed by atoms with Gasteiger partial charge in [-0.1, -0.05) is 29.4 Å². The lowest BCUT2D eigenvalue weighted by molar-refractivity contribution is 0.268. The van der Waals surface area contributed by atoms with Crippen molar-refractivity contribution in [2.45, 2.75) is 47.3 Å². The standard InChI is InChI=1S/C16H23N3O2/c1-5-6-17-9-14-7-11(2)16(12(3)8-14)20-10-15-13(4)18-21-19-15/h7-8,17H,5-6,9-10H2,1-4H3. The van der Waals surface area contributed by atoms with E-state index < -0.39 is 0 Å². The van der Waals surface area contributed by atoms with Crippen LogP contribution < -0.4 is 10.1 Å². The molecule has 0 radical (unpaired) electrons. The lowest BCUT2D eigenvalue weighted by Gasteiger charge is -2.14. The van der Waals surface area contributed by atoms with Crippen molar-refractivity contribution in [3.05, 3.63) is 40.2 Å². The minimum atomic E-state index is 0.379. The molecule has 5 heteroatoms. The molecule has 1 aromatic heterocycles. The van der Waals surface area contributed by atoms with Crippen LogP contribution in [0.3, 0.4) is 0 Å². The Kier molecular flexibility index (Phi) is 5.33. The van der Waals surface area contributed by atoms with Gasteiger partial charge in [-0.3, -0.25) is 0 Å². The van der Waals surface area contributed by atoms with E-state index in [1.807, 2.05) is 6.92 Å². The molecule has 0 aliphatic carbocycles. The molecule has 1 heterocycles.